The summed E-state index contributed by atoms with van der Waals surface area (Å²) in [5.41, 5.74) is 1.33. The summed E-state index contributed by atoms with van der Waals surface area (Å²) < 4.78 is 1.79. The minimum atomic E-state index is -0.759. The Morgan fingerprint density at radius 3 is 2.57 bits per heavy atom. The Bertz CT molecular complexity index is 1510. The molecule has 3 aromatic heterocycles. The third-order valence-corrected chi connectivity index (χ3v) is 9.02. The molecule has 2 N–H and O–H groups in total. The van der Waals surface area contributed by atoms with Crippen LogP contribution in [0.3, 0.4) is 0 Å². The Hall–Kier alpha value is -3.90. The molecule has 42 heavy (non-hydrogen) atoms. The van der Waals surface area contributed by atoms with Crippen molar-refractivity contribution in [1.82, 2.24) is 35.3 Å². The molecule has 0 saturated heterocycles. The summed E-state index contributed by atoms with van der Waals surface area (Å²) >= 11 is 3.03. The van der Waals surface area contributed by atoms with E-state index >= 15 is 0 Å². The highest BCUT2D eigenvalue weighted by atomic mass is 32.1. The van der Waals surface area contributed by atoms with Gasteiger partial charge in [0.25, 0.3) is 5.91 Å². The van der Waals surface area contributed by atoms with Crippen LogP contribution in [0.15, 0.2) is 53.2 Å². The summed E-state index contributed by atoms with van der Waals surface area (Å²) in [5, 5.41) is 15.3. The van der Waals surface area contributed by atoms with Crippen molar-refractivity contribution in [3.63, 3.8) is 0 Å². The first-order chi connectivity index (χ1) is 20.3. The predicted octanol–water partition coefficient (Wildman–Crippen LogP) is 4.25. The number of nitrogens with one attached hydrogen (secondary N) is 2. The topological polar surface area (TPSA) is 122 Å². The van der Waals surface area contributed by atoms with Crippen molar-refractivity contribution in [1.29, 1.82) is 0 Å². The van der Waals surface area contributed by atoms with Gasteiger partial charge in [0.2, 0.25) is 11.8 Å². The van der Waals surface area contributed by atoms with E-state index < -0.39 is 12.1 Å². The summed E-state index contributed by atoms with van der Waals surface area (Å²) in [5.74, 6) is 0.526. The van der Waals surface area contributed by atoms with Crippen molar-refractivity contribution in [2.45, 2.75) is 58.7 Å². The van der Waals surface area contributed by atoms with Gasteiger partial charge in [0.15, 0.2) is 0 Å². The van der Waals surface area contributed by atoms with Gasteiger partial charge in [-0.1, -0.05) is 50.2 Å². The maximum Gasteiger partial charge on any atom is 0.273 e. The maximum absolute atomic E-state index is 13.7. The first kappa shape index (κ1) is 29.6. The fourth-order valence-electron chi connectivity index (χ4n) is 4.98. The normalized spacial score (nSPS) is 18.7. The molecule has 5 rings (SSSR count). The lowest BCUT2D eigenvalue weighted by Crippen LogP contribution is -2.50. The van der Waals surface area contributed by atoms with Gasteiger partial charge in [-0.15, -0.1) is 22.7 Å². The Morgan fingerprint density at radius 1 is 1.02 bits per heavy atom. The number of aromatic nitrogens is 4. The van der Waals surface area contributed by atoms with Crippen LogP contribution < -0.4 is 10.6 Å². The van der Waals surface area contributed by atoms with Crippen LogP contribution in [0.5, 0.6) is 0 Å². The van der Waals surface area contributed by atoms with Gasteiger partial charge in [-0.25, -0.2) is 14.6 Å². The lowest BCUT2D eigenvalue weighted by Gasteiger charge is -2.27. The summed E-state index contributed by atoms with van der Waals surface area (Å²) in [4.78, 5) is 52.4. The number of fused-ring (bicyclic) bond motifs is 1. The third kappa shape index (κ3) is 7.11. The fourth-order valence-corrected chi connectivity index (χ4v) is 6.59. The molecule has 3 amide bonds. The predicted molar refractivity (Wildman–Crippen MR) is 163 cm³/mol. The van der Waals surface area contributed by atoms with Crippen LogP contribution in [0.2, 0.25) is 0 Å². The van der Waals surface area contributed by atoms with Gasteiger partial charge in [-0.3, -0.25) is 14.4 Å². The zero-order chi connectivity index (χ0) is 29.6. The molecule has 220 valence electrons. The lowest BCUT2D eigenvalue weighted by molar-refractivity contribution is -0.129. The lowest BCUT2D eigenvalue weighted by atomic mass is 10.0. The van der Waals surface area contributed by atoms with Crippen molar-refractivity contribution >= 4 is 40.4 Å². The number of benzene rings is 1. The molecule has 12 heteroatoms. The number of thiophene rings is 1. The number of amides is 3. The molecule has 0 spiro atoms. The molecule has 0 fully saturated rings. The Labute approximate surface area is 253 Å². The molecule has 0 bridgehead atoms. The van der Waals surface area contributed by atoms with Crippen LogP contribution >= 0.6 is 22.7 Å². The number of carbonyl (C=O) groups excluding carboxylic acids is 3. The highest BCUT2D eigenvalue weighted by Crippen LogP contribution is 2.28. The van der Waals surface area contributed by atoms with E-state index in [-0.39, 0.29) is 30.1 Å². The second-order valence-corrected chi connectivity index (χ2v) is 12.5. The van der Waals surface area contributed by atoms with E-state index in [1.165, 1.54) is 11.3 Å². The number of nitrogens with zero attached hydrogens (tertiary/aromatic N) is 5. The number of rotatable bonds is 5. The monoisotopic (exact) mass is 605 g/mol. The van der Waals surface area contributed by atoms with Crippen molar-refractivity contribution in [2.75, 3.05) is 13.1 Å². The zero-order valence-corrected chi connectivity index (χ0v) is 25.6. The van der Waals surface area contributed by atoms with Crippen LogP contribution in [0.1, 0.15) is 60.4 Å². The first-order valence-electron chi connectivity index (χ1n) is 14.1. The summed E-state index contributed by atoms with van der Waals surface area (Å²) in [6.07, 6.45) is 0.980. The third-order valence-electron chi connectivity index (χ3n) is 7.14. The van der Waals surface area contributed by atoms with Gasteiger partial charge in [0, 0.05) is 31.3 Å². The van der Waals surface area contributed by atoms with E-state index in [1.807, 2.05) is 68.6 Å². The van der Waals surface area contributed by atoms with Crippen molar-refractivity contribution in [3.8, 4) is 9.88 Å². The van der Waals surface area contributed by atoms with Gasteiger partial charge in [0.05, 0.1) is 17.5 Å². The van der Waals surface area contributed by atoms with Crippen LogP contribution in [0, 0.1) is 12.8 Å². The molecular weight excluding hydrogens is 571 g/mol. The number of hydrogen-bond donors (Lipinski definition) is 2. The molecule has 2 atom stereocenters. The summed E-state index contributed by atoms with van der Waals surface area (Å²) in [7, 11) is 0. The molecule has 0 aliphatic carbocycles. The van der Waals surface area contributed by atoms with E-state index in [9.17, 15) is 14.4 Å². The molecule has 4 aromatic rings. The van der Waals surface area contributed by atoms with Gasteiger partial charge in [-0.05, 0) is 36.3 Å². The van der Waals surface area contributed by atoms with E-state index in [0.29, 0.717) is 49.8 Å². The second kappa shape index (κ2) is 13.4. The van der Waals surface area contributed by atoms with Gasteiger partial charge >= 0.3 is 0 Å². The molecule has 0 unspecified atom stereocenters. The minimum Gasteiger partial charge on any atom is -0.344 e. The molecule has 0 saturated carbocycles. The zero-order valence-electron chi connectivity index (χ0n) is 23.9. The van der Waals surface area contributed by atoms with E-state index in [0.717, 1.165) is 15.4 Å². The molecule has 1 aromatic carbocycles. The fraction of sp³-hybridized carbons (Fsp3) is 0.400. The molecule has 1 aliphatic heterocycles. The summed E-state index contributed by atoms with van der Waals surface area (Å²) in [6, 6.07) is 12.4. The van der Waals surface area contributed by atoms with Crippen molar-refractivity contribution in [2.24, 2.45) is 5.92 Å². The Kier molecular flexibility index (Phi) is 9.43. The van der Waals surface area contributed by atoms with E-state index in [2.05, 4.69) is 25.7 Å². The number of aryl methyl sites for hydroxylation is 1. The van der Waals surface area contributed by atoms with Crippen molar-refractivity contribution < 1.29 is 14.4 Å². The van der Waals surface area contributed by atoms with Crippen LogP contribution in [-0.2, 0) is 22.6 Å². The van der Waals surface area contributed by atoms with Gasteiger partial charge in [-0.2, -0.15) is 5.10 Å². The van der Waals surface area contributed by atoms with Gasteiger partial charge < -0.3 is 15.5 Å². The van der Waals surface area contributed by atoms with E-state index in [1.54, 1.807) is 26.3 Å². The van der Waals surface area contributed by atoms with E-state index in [4.69, 9.17) is 0 Å². The highest BCUT2D eigenvalue weighted by molar-refractivity contribution is 7.20. The number of carbonyl (C=O) groups is 3. The summed E-state index contributed by atoms with van der Waals surface area (Å²) in [6.45, 7) is 6.95. The molecule has 4 heterocycles. The maximum atomic E-state index is 13.7. The minimum absolute atomic E-state index is 0.000645. The molecule has 10 nitrogen and oxygen atoms in total. The molecule has 1 aliphatic rings. The smallest absolute Gasteiger partial charge is 0.273 e. The van der Waals surface area contributed by atoms with Crippen LogP contribution in [-0.4, -0.2) is 61.5 Å². The molecule has 0 radical (unpaired) electrons. The standard InChI is InChI=1S/C30H35N7O3S2/c1-19(2)26-27-31-20(3)35-37(27)15-14-36(30(40)23-18-42-29(33-23)24-11-8-16-41-24)13-7-12-25(38)32-22(28(39)34-26)17-21-9-5-4-6-10-21/h4-6,8-11,16,18-19,22,26H,7,12-15,17H2,1-3H3,(H,32,38)(H,34,39)/t22-,26+/m0/s1. The largest absolute Gasteiger partial charge is 0.344 e. The average molecular weight is 606 g/mol. The Balaban J connectivity index is 1.43. The Morgan fingerprint density at radius 2 is 1.83 bits per heavy atom. The SMILES string of the molecule is Cc1nc2n(n1)CCN(C(=O)c1csc(-c3cccs3)n1)CCCC(=O)N[C@@H](Cc1ccccc1)C(=O)N[C@@H]2C(C)C. The highest BCUT2D eigenvalue weighted by Gasteiger charge is 2.30. The number of hydrogen-bond acceptors (Lipinski definition) is 8. The first-order valence-corrected chi connectivity index (χ1v) is 15.9. The van der Waals surface area contributed by atoms with Crippen LogP contribution in [0.4, 0.5) is 0 Å². The quantitative estimate of drug-likeness (QED) is 0.351. The molecular formula is C30H35N7O3S2. The average Bonchev–Trinajstić information content (AvgIpc) is 3.74. The van der Waals surface area contributed by atoms with Crippen molar-refractivity contribution in [3.05, 3.63) is 76.1 Å². The van der Waals surface area contributed by atoms with Gasteiger partial charge in [0.1, 0.15) is 28.4 Å². The van der Waals surface area contributed by atoms with Crippen LogP contribution in [0.25, 0.3) is 9.88 Å². The second-order valence-electron chi connectivity index (χ2n) is 10.7. The number of thiazole rings is 1.